The van der Waals surface area contributed by atoms with Crippen molar-refractivity contribution >= 4 is 40.1 Å². The number of halogens is 1. The van der Waals surface area contributed by atoms with E-state index in [9.17, 15) is 9.32 Å². The lowest BCUT2D eigenvalue weighted by Gasteiger charge is -2.41. The zero-order chi connectivity index (χ0) is 23.1. The minimum atomic E-state index is -1.08. The van der Waals surface area contributed by atoms with Crippen LogP contribution in [0.2, 0.25) is 5.02 Å². The maximum atomic E-state index is 13.4. The fourth-order valence-corrected chi connectivity index (χ4v) is 7.95. The molecule has 2 unspecified atom stereocenters. The predicted molar refractivity (Wildman–Crippen MR) is 130 cm³/mol. The van der Waals surface area contributed by atoms with Gasteiger partial charge in [0.2, 0.25) is 11.9 Å². The van der Waals surface area contributed by atoms with E-state index >= 15 is 0 Å². The van der Waals surface area contributed by atoms with Crippen molar-refractivity contribution in [1.82, 2.24) is 19.9 Å². The molecule has 2 aromatic rings. The van der Waals surface area contributed by atoms with E-state index in [2.05, 4.69) is 25.1 Å². The van der Waals surface area contributed by atoms with E-state index in [1.54, 1.807) is 12.4 Å². The minimum absolute atomic E-state index is 0.0648. The molecule has 11 heteroatoms. The van der Waals surface area contributed by atoms with Gasteiger partial charge in [-0.25, -0.2) is 15.0 Å². The standard InChI is InChI=1S/C23H28ClN7O2S/c24-16-7-25-20(26-8-16)30-9-14-11-31(12-15(14)10-30)21-27-17-6-23(4-5-23)34(33)18(17)19(28-21)29-22(13-32)2-1-3-22/h7-8,14-15,32H,1-6,9-13H2,(H,27,28,29)/t14?,15?,34-/m0/s1. The summed E-state index contributed by atoms with van der Waals surface area (Å²) in [6, 6.07) is 0. The number of rotatable bonds is 5. The van der Waals surface area contributed by atoms with Crippen LogP contribution in [-0.2, 0) is 17.2 Å². The molecule has 7 rings (SSSR count). The molecule has 0 radical (unpaired) electrons. The van der Waals surface area contributed by atoms with Gasteiger partial charge in [0.25, 0.3) is 0 Å². The molecular formula is C23H28ClN7O2S. The largest absolute Gasteiger partial charge is 0.394 e. The molecule has 2 saturated carbocycles. The first-order valence-electron chi connectivity index (χ1n) is 12.2. The molecule has 2 saturated heterocycles. The van der Waals surface area contributed by atoms with Gasteiger partial charge in [-0.2, -0.15) is 4.98 Å². The van der Waals surface area contributed by atoms with Crippen molar-refractivity contribution in [2.75, 3.05) is 47.9 Å². The number of hydrogen-bond donors (Lipinski definition) is 2. The molecule has 2 aliphatic carbocycles. The summed E-state index contributed by atoms with van der Waals surface area (Å²) >= 11 is 5.94. The van der Waals surface area contributed by atoms with Crippen LogP contribution in [0.15, 0.2) is 17.3 Å². The monoisotopic (exact) mass is 501 g/mol. The molecule has 1 spiro atoms. The number of aromatic nitrogens is 4. The zero-order valence-electron chi connectivity index (χ0n) is 18.9. The summed E-state index contributed by atoms with van der Waals surface area (Å²) in [5.74, 6) is 3.13. The average Bonchev–Trinajstić information content (AvgIpc) is 3.17. The molecule has 34 heavy (non-hydrogen) atoms. The van der Waals surface area contributed by atoms with E-state index in [-0.39, 0.29) is 16.9 Å². The number of aliphatic hydroxyl groups is 1. The van der Waals surface area contributed by atoms with E-state index in [1.165, 1.54) is 0 Å². The second kappa shape index (κ2) is 7.48. The third-order valence-corrected chi connectivity index (χ3v) is 10.8. The molecule has 0 aromatic carbocycles. The quantitative estimate of drug-likeness (QED) is 0.636. The molecule has 9 nitrogen and oxygen atoms in total. The lowest BCUT2D eigenvalue weighted by Crippen LogP contribution is -2.48. The molecule has 5 aliphatic rings. The Hall–Kier alpha value is -2.04. The third-order valence-electron chi connectivity index (χ3n) is 8.46. The van der Waals surface area contributed by atoms with Crippen molar-refractivity contribution in [1.29, 1.82) is 0 Å². The molecule has 3 atom stereocenters. The van der Waals surface area contributed by atoms with E-state index in [0.29, 0.717) is 22.7 Å². The van der Waals surface area contributed by atoms with Crippen LogP contribution in [0.5, 0.6) is 0 Å². The van der Waals surface area contributed by atoms with Gasteiger partial charge in [0.1, 0.15) is 10.7 Å². The topological polar surface area (TPSA) is 107 Å². The summed E-state index contributed by atoms with van der Waals surface area (Å²) < 4.78 is 13.2. The molecule has 2 aromatic heterocycles. The van der Waals surface area contributed by atoms with Gasteiger partial charge in [0.15, 0.2) is 0 Å². The van der Waals surface area contributed by atoms with Crippen LogP contribution in [0.1, 0.15) is 37.8 Å². The van der Waals surface area contributed by atoms with Crippen molar-refractivity contribution in [2.45, 2.75) is 53.7 Å². The average molecular weight is 502 g/mol. The molecule has 5 heterocycles. The van der Waals surface area contributed by atoms with Crippen molar-refractivity contribution < 1.29 is 9.32 Å². The van der Waals surface area contributed by atoms with Gasteiger partial charge in [-0.05, 0) is 32.1 Å². The van der Waals surface area contributed by atoms with Gasteiger partial charge >= 0.3 is 0 Å². The Morgan fingerprint density at radius 1 is 1.03 bits per heavy atom. The van der Waals surface area contributed by atoms with Gasteiger partial charge in [-0.15, -0.1) is 0 Å². The molecule has 0 bridgehead atoms. The van der Waals surface area contributed by atoms with Crippen LogP contribution < -0.4 is 15.1 Å². The Balaban J connectivity index is 1.15. The molecule has 3 aliphatic heterocycles. The Morgan fingerprint density at radius 3 is 2.24 bits per heavy atom. The Bertz CT molecular complexity index is 1150. The van der Waals surface area contributed by atoms with Gasteiger partial charge in [-0.1, -0.05) is 11.6 Å². The Labute approximate surface area is 205 Å². The summed E-state index contributed by atoms with van der Waals surface area (Å²) in [6.45, 7) is 3.63. The number of fused-ring (bicyclic) bond motifs is 2. The summed E-state index contributed by atoms with van der Waals surface area (Å²) in [7, 11) is -1.08. The fraction of sp³-hybridized carbons (Fsp3) is 0.652. The number of anilines is 3. The smallest absolute Gasteiger partial charge is 0.227 e. The van der Waals surface area contributed by atoms with Crippen LogP contribution >= 0.6 is 11.6 Å². The van der Waals surface area contributed by atoms with Crippen LogP contribution in [0.4, 0.5) is 17.7 Å². The van der Waals surface area contributed by atoms with Crippen LogP contribution in [0, 0.1) is 11.8 Å². The maximum absolute atomic E-state index is 13.4. The molecular weight excluding hydrogens is 474 g/mol. The molecule has 4 fully saturated rings. The number of nitrogens with zero attached hydrogens (tertiary/aromatic N) is 6. The highest BCUT2D eigenvalue weighted by atomic mass is 35.5. The lowest BCUT2D eigenvalue weighted by atomic mass is 9.77. The van der Waals surface area contributed by atoms with E-state index in [0.717, 1.165) is 87.2 Å². The number of nitrogens with one attached hydrogen (secondary N) is 1. The fourth-order valence-electron chi connectivity index (χ4n) is 6.08. The highest BCUT2D eigenvalue weighted by Gasteiger charge is 2.56. The molecule has 0 amide bonds. The van der Waals surface area contributed by atoms with Crippen molar-refractivity contribution in [3.8, 4) is 0 Å². The maximum Gasteiger partial charge on any atom is 0.227 e. The normalized spacial score (nSPS) is 29.8. The number of aliphatic hydroxyl groups excluding tert-OH is 1. The SMILES string of the molecule is O=[S@]1c2c(nc(N3CC4CN(c5ncc(Cl)cn5)CC4C3)nc2NC2(CO)CCC2)CC12CC2. The first-order chi connectivity index (χ1) is 16.5. The molecule has 2 N–H and O–H groups in total. The van der Waals surface area contributed by atoms with E-state index < -0.39 is 10.8 Å². The summed E-state index contributed by atoms with van der Waals surface area (Å²) in [6.07, 6.45) is 8.96. The highest BCUT2D eigenvalue weighted by Crippen LogP contribution is 2.54. The summed E-state index contributed by atoms with van der Waals surface area (Å²) in [5.41, 5.74) is 0.591. The van der Waals surface area contributed by atoms with Gasteiger partial charge in [-0.3, -0.25) is 4.21 Å². The van der Waals surface area contributed by atoms with Crippen molar-refractivity contribution in [3.05, 3.63) is 23.1 Å². The summed E-state index contributed by atoms with van der Waals surface area (Å²) in [4.78, 5) is 24.0. The summed E-state index contributed by atoms with van der Waals surface area (Å²) in [5, 5.41) is 14.1. The van der Waals surface area contributed by atoms with E-state index in [1.807, 2.05) is 0 Å². The van der Waals surface area contributed by atoms with Gasteiger partial charge < -0.3 is 20.2 Å². The van der Waals surface area contributed by atoms with Crippen molar-refractivity contribution in [2.24, 2.45) is 11.8 Å². The van der Waals surface area contributed by atoms with E-state index in [4.69, 9.17) is 21.6 Å². The zero-order valence-corrected chi connectivity index (χ0v) is 20.5. The Kier molecular flexibility index (Phi) is 4.68. The van der Waals surface area contributed by atoms with Crippen LogP contribution in [-0.4, -0.2) is 72.3 Å². The predicted octanol–water partition coefficient (Wildman–Crippen LogP) is 2.02. The van der Waals surface area contributed by atoms with Gasteiger partial charge in [0, 0.05) is 44.4 Å². The third kappa shape index (κ3) is 3.25. The first-order valence-corrected chi connectivity index (χ1v) is 13.7. The lowest BCUT2D eigenvalue weighted by molar-refractivity contribution is 0.143. The Morgan fingerprint density at radius 2 is 1.68 bits per heavy atom. The second-order valence-corrected chi connectivity index (χ2v) is 13.0. The van der Waals surface area contributed by atoms with Crippen LogP contribution in [0.3, 0.4) is 0 Å². The first kappa shape index (κ1) is 21.3. The van der Waals surface area contributed by atoms with Crippen LogP contribution in [0.25, 0.3) is 0 Å². The second-order valence-electron chi connectivity index (χ2n) is 10.7. The van der Waals surface area contributed by atoms with Crippen molar-refractivity contribution in [3.63, 3.8) is 0 Å². The number of hydrogen-bond acceptors (Lipinski definition) is 9. The minimum Gasteiger partial charge on any atom is -0.394 e. The van der Waals surface area contributed by atoms with Gasteiger partial charge in [0.05, 0.1) is 50.8 Å². The highest BCUT2D eigenvalue weighted by molar-refractivity contribution is 7.87. The molecule has 180 valence electrons.